The highest BCUT2D eigenvalue weighted by Crippen LogP contribution is 2.73. The molecular weight excluding hydrogens is 294 g/mol. The van der Waals surface area contributed by atoms with Crippen LogP contribution in [-0.4, -0.2) is 18.5 Å². The van der Waals surface area contributed by atoms with E-state index < -0.39 is 20.5 Å². The zero-order chi connectivity index (χ0) is 14.4. The summed E-state index contributed by atoms with van der Waals surface area (Å²) < 4.78 is 31.6. The zero-order valence-corrected chi connectivity index (χ0v) is 12.8. The average Bonchev–Trinajstić information content (AvgIpc) is 3.15. The second-order valence-electron chi connectivity index (χ2n) is 4.70. The number of benzene rings is 2. The zero-order valence-electron chi connectivity index (χ0n) is 11.2. The molecule has 3 rings (SSSR count). The van der Waals surface area contributed by atoms with E-state index in [0.717, 1.165) is 14.3 Å². The molecule has 1 fully saturated rings. The van der Waals surface area contributed by atoms with E-state index in [1.807, 2.05) is 43.5 Å². The second-order valence-corrected chi connectivity index (χ2v) is 9.24. The Labute approximate surface area is 120 Å². The van der Waals surface area contributed by atoms with Crippen LogP contribution in [0.5, 0.6) is 0 Å². The van der Waals surface area contributed by atoms with Crippen LogP contribution < -0.4 is 0 Å². The Balaban J connectivity index is 1.94. The quantitative estimate of drug-likeness (QED) is 0.818. The molecule has 1 aliphatic rings. The Hall–Kier alpha value is -1.34. The van der Waals surface area contributed by atoms with Crippen molar-refractivity contribution >= 4 is 20.5 Å². The van der Waals surface area contributed by atoms with Crippen LogP contribution in [0.4, 0.5) is 0 Å². The van der Waals surface area contributed by atoms with Gasteiger partial charge < -0.3 is 0 Å². The molecule has 0 aromatic heterocycles. The molecule has 2 aromatic rings. The molecule has 6 heteroatoms. The van der Waals surface area contributed by atoms with Gasteiger partial charge >= 0.3 is 0 Å². The monoisotopic (exact) mass is 309 g/mol. The highest BCUT2D eigenvalue weighted by atomic mass is 32.3. The van der Waals surface area contributed by atoms with Crippen LogP contribution >= 0.6 is 10.5 Å². The fourth-order valence-corrected chi connectivity index (χ4v) is 6.68. The molecule has 0 amide bonds. The summed E-state index contributed by atoms with van der Waals surface area (Å²) in [7, 11) is -5.45. The predicted octanol–water partition coefficient (Wildman–Crippen LogP) is 3.25. The van der Waals surface area contributed by atoms with Crippen molar-refractivity contribution in [3.8, 4) is 0 Å². The van der Waals surface area contributed by atoms with Crippen LogP contribution in [0.3, 0.4) is 0 Å². The molecule has 106 valence electrons. The lowest BCUT2D eigenvalue weighted by Crippen LogP contribution is -2.12. The van der Waals surface area contributed by atoms with Gasteiger partial charge in [0.1, 0.15) is 0 Å². The van der Waals surface area contributed by atoms with Gasteiger partial charge in [-0.25, -0.2) is 12.7 Å². The number of hydrogen-bond acceptors (Lipinski definition) is 3. The largest absolute Gasteiger partial charge is 0.276 e. The molecule has 0 radical (unpaired) electrons. The van der Waals surface area contributed by atoms with Crippen molar-refractivity contribution in [3.05, 3.63) is 60.2 Å². The van der Waals surface area contributed by atoms with Crippen molar-refractivity contribution in [3.63, 3.8) is 0 Å². The molecular formula is C14H15NO3S2. The van der Waals surface area contributed by atoms with Crippen LogP contribution in [0.15, 0.2) is 64.4 Å². The van der Waals surface area contributed by atoms with Gasteiger partial charge in [-0.1, -0.05) is 35.9 Å². The van der Waals surface area contributed by atoms with E-state index in [4.69, 9.17) is 4.28 Å². The lowest BCUT2D eigenvalue weighted by atomic mass is 10.2. The summed E-state index contributed by atoms with van der Waals surface area (Å²) in [6.07, 6.45) is 1.83. The van der Waals surface area contributed by atoms with Crippen molar-refractivity contribution in [2.24, 2.45) is 0 Å². The van der Waals surface area contributed by atoms with Crippen molar-refractivity contribution in [2.75, 3.05) is 6.26 Å². The molecule has 1 saturated heterocycles. The third-order valence-corrected chi connectivity index (χ3v) is 8.14. The molecule has 0 aliphatic carbocycles. The Kier molecular flexibility index (Phi) is 3.13. The minimum Gasteiger partial charge on any atom is -0.204 e. The van der Waals surface area contributed by atoms with Gasteiger partial charge in [-0.05, 0) is 31.2 Å². The first-order valence-electron chi connectivity index (χ1n) is 6.10. The summed E-state index contributed by atoms with van der Waals surface area (Å²) in [5.41, 5.74) is 1.02. The standard InChI is InChI=1S/C14H15NO3S2/c1-12-8-10-14(11-9-12)20(16,17)15-18-19(15,2)13-6-4-3-5-7-13/h3-11H,1-2H3/t15-/m0/s1. The Morgan fingerprint density at radius 1 is 1.00 bits per heavy atom. The fourth-order valence-electron chi connectivity index (χ4n) is 1.93. The second kappa shape index (κ2) is 4.60. The first-order valence-corrected chi connectivity index (χ1v) is 9.46. The average molecular weight is 309 g/mol. The maximum Gasteiger partial charge on any atom is 0.276 e. The SMILES string of the molecule is Cc1ccc(S(=O)(=O)[N@@]2O[S@@]2(C)c2ccccc2)cc1. The van der Waals surface area contributed by atoms with E-state index in [0.29, 0.717) is 0 Å². The van der Waals surface area contributed by atoms with E-state index >= 15 is 0 Å². The third-order valence-electron chi connectivity index (χ3n) is 3.17. The molecule has 0 saturated carbocycles. The van der Waals surface area contributed by atoms with E-state index in [-0.39, 0.29) is 4.90 Å². The minimum absolute atomic E-state index is 0.259. The van der Waals surface area contributed by atoms with Crippen LogP contribution in [0, 0.1) is 6.92 Å². The van der Waals surface area contributed by atoms with E-state index in [9.17, 15) is 8.42 Å². The summed E-state index contributed by atoms with van der Waals surface area (Å²) in [4.78, 5) is 1.16. The molecule has 0 unspecified atom stereocenters. The van der Waals surface area contributed by atoms with E-state index in [2.05, 4.69) is 0 Å². The molecule has 4 nitrogen and oxygen atoms in total. The summed E-state index contributed by atoms with van der Waals surface area (Å²) in [6.45, 7) is 1.92. The summed E-state index contributed by atoms with van der Waals surface area (Å²) in [5, 5.41) is 0. The fraction of sp³-hybridized carbons (Fsp3) is 0.143. The van der Waals surface area contributed by atoms with Gasteiger partial charge in [0, 0.05) is 25.5 Å². The number of sulfonamides is 1. The van der Waals surface area contributed by atoms with Gasteiger partial charge in [-0.2, -0.15) is 0 Å². The molecule has 1 heterocycles. The van der Waals surface area contributed by atoms with E-state index in [1.165, 1.54) is 0 Å². The van der Waals surface area contributed by atoms with Gasteiger partial charge in [-0.3, -0.25) is 0 Å². The highest BCUT2D eigenvalue weighted by molar-refractivity contribution is 8.36. The number of hydrogen-bond donors (Lipinski definition) is 0. The molecule has 2 atom stereocenters. The molecule has 1 aliphatic heterocycles. The maximum atomic E-state index is 12.5. The van der Waals surface area contributed by atoms with Gasteiger partial charge in [0.05, 0.1) is 4.90 Å². The lowest BCUT2D eigenvalue weighted by molar-refractivity contribution is 0.308. The minimum atomic E-state index is -3.59. The summed E-state index contributed by atoms with van der Waals surface area (Å²) in [6, 6.07) is 16.2. The maximum absolute atomic E-state index is 12.5. The van der Waals surface area contributed by atoms with Crippen LogP contribution in [0.2, 0.25) is 0 Å². The summed E-state index contributed by atoms with van der Waals surface area (Å²) >= 11 is 0. The Morgan fingerprint density at radius 3 is 2.20 bits per heavy atom. The topological polar surface area (TPSA) is 49.7 Å². The van der Waals surface area contributed by atoms with Crippen molar-refractivity contribution in [2.45, 2.75) is 16.7 Å². The first kappa shape index (κ1) is 13.6. The van der Waals surface area contributed by atoms with Crippen LogP contribution in [-0.2, 0) is 14.3 Å². The molecule has 0 N–H and O–H groups in total. The lowest BCUT2D eigenvalue weighted by Gasteiger charge is -2.10. The van der Waals surface area contributed by atoms with Gasteiger partial charge in [0.15, 0.2) is 0 Å². The number of aryl methyl sites for hydroxylation is 1. The number of nitrogens with zero attached hydrogens (tertiary/aromatic N) is 1. The van der Waals surface area contributed by atoms with Crippen molar-refractivity contribution in [1.29, 1.82) is 0 Å². The van der Waals surface area contributed by atoms with Crippen molar-refractivity contribution < 1.29 is 12.7 Å². The van der Waals surface area contributed by atoms with Gasteiger partial charge in [-0.15, -0.1) is 0 Å². The highest BCUT2D eigenvalue weighted by Gasteiger charge is 2.56. The predicted molar refractivity (Wildman–Crippen MR) is 79.5 cm³/mol. The summed E-state index contributed by atoms with van der Waals surface area (Å²) in [5.74, 6) is 0. The number of rotatable bonds is 3. The molecule has 2 aromatic carbocycles. The van der Waals surface area contributed by atoms with Gasteiger partial charge in [0.25, 0.3) is 10.0 Å². The smallest absolute Gasteiger partial charge is 0.204 e. The first-order chi connectivity index (χ1) is 9.44. The van der Waals surface area contributed by atoms with Gasteiger partial charge in [0.2, 0.25) is 0 Å². The van der Waals surface area contributed by atoms with Crippen molar-refractivity contribution in [1.82, 2.24) is 3.87 Å². The Morgan fingerprint density at radius 2 is 1.60 bits per heavy atom. The van der Waals surface area contributed by atoms with Crippen LogP contribution in [0.1, 0.15) is 5.56 Å². The molecule has 0 bridgehead atoms. The molecule has 0 spiro atoms. The normalized spacial score (nSPS) is 25.4. The third kappa shape index (κ3) is 2.14. The Bertz CT molecular complexity index is 729. The van der Waals surface area contributed by atoms with Crippen LogP contribution in [0.25, 0.3) is 0 Å². The van der Waals surface area contributed by atoms with E-state index in [1.54, 1.807) is 24.3 Å². The molecule has 20 heavy (non-hydrogen) atoms.